The summed E-state index contributed by atoms with van der Waals surface area (Å²) in [7, 11) is 1.70. The highest BCUT2D eigenvalue weighted by molar-refractivity contribution is 6.32. The number of ether oxygens (including phenoxy) is 1. The van der Waals surface area contributed by atoms with Crippen molar-refractivity contribution in [1.82, 2.24) is 19.9 Å². The van der Waals surface area contributed by atoms with Gasteiger partial charge in [0.05, 0.1) is 22.9 Å². The summed E-state index contributed by atoms with van der Waals surface area (Å²) in [5, 5.41) is 28.3. The van der Waals surface area contributed by atoms with Gasteiger partial charge in [0.25, 0.3) is 0 Å². The van der Waals surface area contributed by atoms with Crippen LogP contribution < -0.4 is 10.1 Å². The van der Waals surface area contributed by atoms with E-state index in [9.17, 15) is 9.50 Å². The highest BCUT2D eigenvalue weighted by atomic mass is 35.5. The van der Waals surface area contributed by atoms with Gasteiger partial charge in [-0.15, -0.1) is 0 Å². The van der Waals surface area contributed by atoms with E-state index >= 15 is 0 Å². The smallest absolute Gasteiger partial charge is 0.214 e. The van der Waals surface area contributed by atoms with Gasteiger partial charge >= 0.3 is 0 Å². The molecule has 1 aliphatic heterocycles. The molecule has 1 aromatic heterocycles. The van der Waals surface area contributed by atoms with Crippen LogP contribution in [-0.4, -0.2) is 63.4 Å². The van der Waals surface area contributed by atoms with Crippen molar-refractivity contribution in [2.45, 2.75) is 12.5 Å². The second-order valence-corrected chi connectivity index (χ2v) is 9.22. The van der Waals surface area contributed by atoms with Crippen LogP contribution >= 0.6 is 11.6 Å². The van der Waals surface area contributed by atoms with E-state index < -0.39 is 11.9 Å². The molecule has 4 aromatic rings. The van der Waals surface area contributed by atoms with Gasteiger partial charge in [-0.05, 0) is 54.4 Å². The molecule has 5 rings (SSSR count). The Bertz CT molecular complexity index is 1520. The minimum Gasteiger partial charge on any atom is -0.456 e. The van der Waals surface area contributed by atoms with Crippen LogP contribution in [0.3, 0.4) is 0 Å². The summed E-state index contributed by atoms with van der Waals surface area (Å²) in [6.45, 7) is 1.06. The van der Waals surface area contributed by atoms with E-state index in [-0.39, 0.29) is 5.96 Å². The zero-order valence-corrected chi connectivity index (χ0v) is 21.2. The van der Waals surface area contributed by atoms with E-state index in [4.69, 9.17) is 21.7 Å². The average Bonchev–Trinajstić information content (AvgIpc) is 3.35. The number of nitrogens with one attached hydrogen (secondary N) is 2. The first-order chi connectivity index (χ1) is 18.4. The number of benzene rings is 3. The van der Waals surface area contributed by atoms with Gasteiger partial charge in [0.2, 0.25) is 5.96 Å². The van der Waals surface area contributed by atoms with E-state index in [0.717, 1.165) is 16.5 Å². The molecule has 1 atom stereocenters. The quantitative estimate of drug-likeness (QED) is 0.177. The zero-order valence-electron chi connectivity index (χ0n) is 20.5. The Balaban J connectivity index is 1.33. The fraction of sp³-hybridized carbons (Fsp3) is 0.185. The number of rotatable bonds is 6. The molecule has 1 unspecified atom stereocenters. The van der Waals surface area contributed by atoms with Crippen molar-refractivity contribution in [3.05, 3.63) is 83.4 Å². The van der Waals surface area contributed by atoms with E-state index in [1.54, 1.807) is 48.5 Å². The zero-order chi connectivity index (χ0) is 26.6. The number of aromatic nitrogens is 2. The SMILES string of the molecule is CN(N=Cc1ccc2ncnc(Nc3ccc(Oc4cccc(F)c4)c(Cl)c3)c2c1)C(=N)N1CCC(O)C1. The van der Waals surface area contributed by atoms with Gasteiger partial charge in [0.1, 0.15) is 29.5 Å². The predicted molar refractivity (Wildman–Crippen MR) is 146 cm³/mol. The molecule has 1 aliphatic rings. The lowest BCUT2D eigenvalue weighted by atomic mass is 10.1. The van der Waals surface area contributed by atoms with Gasteiger partial charge in [-0.2, -0.15) is 5.10 Å². The topological polar surface area (TPSA) is 110 Å². The molecule has 11 heteroatoms. The van der Waals surface area contributed by atoms with Crippen molar-refractivity contribution < 1.29 is 14.2 Å². The number of aliphatic hydroxyl groups is 1. The second kappa shape index (κ2) is 11.0. The number of guanidine groups is 1. The lowest BCUT2D eigenvalue weighted by molar-refractivity contribution is 0.186. The van der Waals surface area contributed by atoms with Crippen LogP contribution in [0.4, 0.5) is 15.9 Å². The van der Waals surface area contributed by atoms with Crippen LogP contribution in [0, 0.1) is 11.2 Å². The number of aliphatic hydroxyl groups excluding tert-OH is 1. The van der Waals surface area contributed by atoms with Crippen LogP contribution in [0.1, 0.15) is 12.0 Å². The largest absolute Gasteiger partial charge is 0.456 e. The Morgan fingerprint density at radius 2 is 2.11 bits per heavy atom. The number of β-amino-alcohol motifs (C(OH)–C–C–N with tert-alkyl or cyclic N) is 1. The van der Waals surface area contributed by atoms with E-state index in [1.807, 2.05) is 18.2 Å². The third kappa shape index (κ3) is 5.82. The van der Waals surface area contributed by atoms with Crippen LogP contribution in [-0.2, 0) is 0 Å². The second-order valence-electron chi connectivity index (χ2n) is 8.81. The molecule has 38 heavy (non-hydrogen) atoms. The summed E-state index contributed by atoms with van der Waals surface area (Å²) >= 11 is 6.43. The van der Waals surface area contributed by atoms with E-state index in [2.05, 4.69) is 20.4 Å². The summed E-state index contributed by atoms with van der Waals surface area (Å²) in [5.41, 5.74) is 2.22. The van der Waals surface area contributed by atoms with Gasteiger partial charge in [0.15, 0.2) is 0 Å². The summed E-state index contributed by atoms with van der Waals surface area (Å²) in [4.78, 5) is 10.5. The highest BCUT2D eigenvalue weighted by Gasteiger charge is 2.24. The number of fused-ring (bicyclic) bond motifs is 1. The Kier molecular flexibility index (Phi) is 7.34. The Hall–Kier alpha value is -4.28. The Morgan fingerprint density at radius 1 is 1.24 bits per heavy atom. The molecule has 0 bridgehead atoms. The first kappa shape index (κ1) is 25.4. The van der Waals surface area contributed by atoms with Crippen molar-refractivity contribution in [2.24, 2.45) is 5.10 Å². The molecule has 0 saturated carbocycles. The average molecular weight is 534 g/mol. The highest BCUT2D eigenvalue weighted by Crippen LogP contribution is 2.33. The molecule has 3 aromatic carbocycles. The number of likely N-dealkylation sites (tertiary alicyclic amines) is 1. The van der Waals surface area contributed by atoms with Crippen molar-refractivity contribution in [3.63, 3.8) is 0 Å². The molecule has 3 N–H and O–H groups in total. The summed E-state index contributed by atoms with van der Waals surface area (Å²) in [6, 6.07) is 16.7. The molecule has 1 fully saturated rings. The number of hydrogen-bond acceptors (Lipinski definition) is 7. The standard InChI is InChI=1S/C27H25ClFN7O2/c1-35(27(30)36-10-9-20(37)15-36)33-14-17-5-7-24-22(11-17)26(32-16-31-24)34-19-6-8-25(23(28)13-19)38-21-4-2-3-18(29)12-21/h2-8,11-14,16,20,30,37H,9-10,15H2,1H3,(H,31,32,34). The molecule has 0 radical (unpaired) electrons. The van der Waals surface area contributed by atoms with Gasteiger partial charge < -0.3 is 20.1 Å². The summed E-state index contributed by atoms with van der Waals surface area (Å²) in [6.07, 6.45) is 3.37. The molecule has 0 spiro atoms. The normalized spacial score (nSPS) is 15.3. The maximum Gasteiger partial charge on any atom is 0.214 e. The van der Waals surface area contributed by atoms with Crippen molar-refractivity contribution >= 4 is 46.2 Å². The lowest BCUT2D eigenvalue weighted by Gasteiger charge is -2.23. The molecule has 194 valence electrons. The van der Waals surface area contributed by atoms with Crippen molar-refractivity contribution in [3.8, 4) is 11.5 Å². The first-order valence-corrected chi connectivity index (χ1v) is 12.3. The van der Waals surface area contributed by atoms with Crippen molar-refractivity contribution in [2.75, 3.05) is 25.5 Å². The van der Waals surface area contributed by atoms with Crippen LogP contribution in [0.2, 0.25) is 5.02 Å². The summed E-state index contributed by atoms with van der Waals surface area (Å²) in [5.74, 6) is 1.15. The first-order valence-electron chi connectivity index (χ1n) is 11.9. The summed E-state index contributed by atoms with van der Waals surface area (Å²) < 4.78 is 19.2. The van der Waals surface area contributed by atoms with E-state index in [1.165, 1.54) is 23.5 Å². The fourth-order valence-corrected chi connectivity index (χ4v) is 4.28. The number of anilines is 2. The third-order valence-corrected chi connectivity index (χ3v) is 6.32. The number of halogens is 2. The maximum absolute atomic E-state index is 13.5. The maximum atomic E-state index is 13.5. The van der Waals surface area contributed by atoms with Gasteiger partial charge in [0, 0.05) is 37.3 Å². The minimum absolute atomic E-state index is 0.228. The lowest BCUT2D eigenvalue weighted by Crippen LogP contribution is -2.38. The van der Waals surface area contributed by atoms with E-state index in [0.29, 0.717) is 47.5 Å². The molecule has 0 aliphatic carbocycles. The molecule has 9 nitrogen and oxygen atoms in total. The van der Waals surface area contributed by atoms with Crippen LogP contribution in [0.25, 0.3) is 10.9 Å². The van der Waals surface area contributed by atoms with Crippen molar-refractivity contribution in [1.29, 1.82) is 5.41 Å². The molecular formula is C27H25ClFN7O2. The van der Waals surface area contributed by atoms with Gasteiger partial charge in [-0.25, -0.2) is 19.4 Å². The number of nitrogens with zero attached hydrogens (tertiary/aromatic N) is 5. The number of hydrogen-bond donors (Lipinski definition) is 3. The predicted octanol–water partition coefficient (Wildman–Crippen LogP) is 5.23. The Labute approximate surface area is 223 Å². The van der Waals surface area contributed by atoms with Gasteiger partial charge in [-0.1, -0.05) is 23.7 Å². The molecular weight excluding hydrogens is 509 g/mol. The monoisotopic (exact) mass is 533 g/mol. The fourth-order valence-electron chi connectivity index (χ4n) is 4.06. The molecule has 2 heterocycles. The van der Waals surface area contributed by atoms with Crippen LogP contribution in [0.5, 0.6) is 11.5 Å². The van der Waals surface area contributed by atoms with Crippen LogP contribution in [0.15, 0.2) is 72.1 Å². The Morgan fingerprint density at radius 3 is 2.87 bits per heavy atom. The minimum atomic E-state index is -0.411. The molecule has 0 amide bonds. The third-order valence-electron chi connectivity index (χ3n) is 6.03. The molecule has 1 saturated heterocycles. The number of hydrazone groups is 1. The van der Waals surface area contributed by atoms with Gasteiger partial charge in [-0.3, -0.25) is 5.41 Å².